The monoisotopic (exact) mass is 682 g/mol. The Labute approximate surface area is 279 Å². The third kappa shape index (κ3) is 5.94. The molecule has 3 aromatic heterocycles. The van der Waals surface area contributed by atoms with Crippen LogP contribution >= 0.6 is 33.2 Å². The second-order valence-corrected chi connectivity index (χ2v) is 15.3. The number of cyclic esters (lactones) is 1. The molecule has 0 saturated heterocycles. The van der Waals surface area contributed by atoms with Gasteiger partial charge in [-0.05, 0) is 74.5 Å². The summed E-state index contributed by atoms with van der Waals surface area (Å²) in [5, 5.41) is 15.3. The van der Waals surface area contributed by atoms with Crippen molar-refractivity contribution in [1.82, 2.24) is 24.5 Å². The van der Waals surface area contributed by atoms with Crippen molar-refractivity contribution < 1.29 is 19.4 Å². The molecule has 1 atom stereocenters. The van der Waals surface area contributed by atoms with E-state index in [0.29, 0.717) is 59.2 Å². The zero-order valence-electron chi connectivity index (χ0n) is 26.3. The highest BCUT2D eigenvalue weighted by molar-refractivity contribution is 8.77. The number of anilines is 1. The van der Waals surface area contributed by atoms with Crippen molar-refractivity contribution in [2.24, 2.45) is 0 Å². The van der Waals surface area contributed by atoms with Crippen molar-refractivity contribution >= 4 is 56.0 Å². The molecule has 0 fully saturated rings. The maximum atomic E-state index is 13.6. The van der Waals surface area contributed by atoms with E-state index in [1.54, 1.807) is 34.4 Å². The Bertz CT molecular complexity index is 1920. The maximum Gasteiger partial charge on any atom is 0.343 e. The minimum Gasteiger partial charge on any atom is -0.458 e. The van der Waals surface area contributed by atoms with Gasteiger partial charge in [0, 0.05) is 33.6 Å². The summed E-state index contributed by atoms with van der Waals surface area (Å²) in [6.45, 7) is 11.2. The van der Waals surface area contributed by atoms with Crippen LogP contribution in [0.4, 0.5) is 5.95 Å². The average molecular weight is 683 g/mol. The molecule has 1 aromatic carbocycles. The predicted octanol–water partition coefficient (Wildman–Crippen LogP) is 6.25. The molecule has 0 radical (unpaired) electrons. The number of aromatic nitrogens is 5. The Morgan fingerprint density at radius 1 is 1.13 bits per heavy atom. The number of fused-ring (bicyclic) bond motifs is 5. The van der Waals surface area contributed by atoms with Crippen molar-refractivity contribution in [2.75, 3.05) is 17.6 Å². The number of nitrogens with zero attached hydrogens (tertiary/aromatic N) is 5. The summed E-state index contributed by atoms with van der Waals surface area (Å²) in [5.41, 5.74) is 2.28. The Hall–Kier alpha value is -3.39. The zero-order chi connectivity index (χ0) is 32.8. The van der Waals surface area contributed by atoms with Crippen molar-refractivity contribution in [2.45, 2.75) is 77.4 Å². The minimum absolute atomic E-state index is 0.0177. The highest BCUT2D eigenvalue weighted by Gasteiger charge is 2.45. The van der Waals surface area contributed by atoms with Gasteiger partial charge in [-0.15, -0.1) is 0 Å². The lowest BCUT2D eigenvalue weighted by atomic mass is 9.86. The summed E-state index contributed by atoms with van der Waals surface area (Å²) < 4.78 is 13.1. The van der Waals surface area contributed by atoms with Crippen LogP contribution in [-0.4, -0.2) is 52.6 Å². The van der Waals surface area contributed by atoms with Crippen molar-refractivity contribution in [3.8, 4) is 23.1 Å². The van der Waals surface area contributed by atoms with Crippen molar-refractivity contribution in [3.63, 3.8) is 0 Å². The molecular formula is C32H35ClN6O5S2. The van der Waals surface area contributed by atoms with Crippen molar-refractivity contribution in [3.05, 3.63) is 62.2 Å². The number of hydrogen-bond donors (Lipinski definition) is 2. The Morgan fingerprint density at radius 2 is 1.93 bits per heavy atom. The van der Waals surface area contributed by atoms with Gasteiger partial charge < -0.3 is 24.5 Å². The molecular weight excluding hydrogens is 648 g/mol. The molecule has 5 heterocycles. The molecule has 14 heteroatoms. The predicted molar refractivity (Wildman–Crippen MR) is 182 cm³/mol. The SMILES string of the molecule is CCc1c2c(nc3ccc(Oc4nc(Cl)nc(NCCSSC(C)(C)CC)n4)cc13)-c1cc3c(c(=O)n1C2)COC(=O)[C@]3(O)CC. The van der Waals surface area contributed by atoms with Gasteiger partial charge in [0.15, 0.2) is 5.60 Å². The topological polar surface area (TPSA) is 141 Å². The number of benzene rings is 1. The first kappa shape index (κ1) is 32.5. The van der Waals surface area contributed by atoms with Gasteiger partial charge in [-0.1, -0.05) is 42.4 Å². The van der Waals surface area contributed by atoms with E-state index in [0.717, 1.165) is 28.7 Å². The van der Waals surface area contributed by atoms with Crippen LogP contribution in [0.15, 0.2) is 29.1 Å². The molecule has 0 aliphatic carbocycles. The zero-order valence-corrected chi connectivity index (χ0v) is 28.7. The molecule has 4 aromatic rings. The summed E-state index contributed by atoms with van der Waals surface area (Å²) in [6.07, 6.45) is 1.85. The number of halogens is 1. The first-order valence-electron chi connectivity index (χ1n) is 15.2. The molecule has 6 rings (SSSR count). The Morgan fingerprint density at radius 3 is 2.67 bits per heavy atom. The molecule has 2 N–H and O–H groups in total. The Kier molecular flexibility index (Phi) is 8.96. The lowest BCUT2D eigenvalue weighted by Gasteiger charge is -2.31. The van der Waals surface area contributed by atoms with E-state index in [1.807, 2.05) is 29.9 Å². The van der Waals surface area contributed by atoms with Gasteiger partial charge in [0.2, 0.25) is 11.2 Å². The van der Waals surface area contributed by atoms with Crippen LogP contribution in [0, 0.1) is 0 Å². The second-order valence-electron chi connectivity index (χ2n) is 11.8. The van der Waals surface area contributed by atoms with Gasteiger partial charge in [0.1, 0.15) is 12.4 Å². The first-order valence-corrected chi connectivity index (χ1v) is 17.9. The van der Waals surface area contributed by atoms with Crippen molar-refractivity contribution in [1.29, 1.82) is 0 Å². The van der Waals surface area contributed by atoms with Gasteiger partial charge in [-0.25, -0.2) is 9.78 Å². The smallest absolute Gasteiger partial charge is 0.343 e. The summed E-state index contributed by atoms with van der Waals surface area (Å²) in [7, 11) is 3.66. The quantitative estimate of drug-likeness (QED) is 0.0923. The van der Waals surface area contributed by atoms with E-state index in [-0.39, 0.29) is 34.6 Å². The number of carbonyl (C=O) groups excluding carboxylic acids is 1. The molecule has 0 spiro atoms. The third-order valence-corrected chi connectivity index (χ3v) is 12.1. The number of hydrogen-bond acceptors (Lipinski definition) is 12. The van der Waals surface area contributed by atoms with Gasteiger partial charge >= 0.3 is 12.0 Å². The number of nitrogens with one attached hydrogen (secondary N) is 1. The van der Waals surface area contributed by atoms with Gasteiger partial charge in [-0.2, -0.15) is 15.0 Å². The van der Waals surface area contributed by atoms with Crippen LogP contribution in [0.2, 0.25) is 5.28 Å². The number of ether oxygens (including phenoxy) is 2. The molecule has 2 aliphatic rings. The van der Waals surface area contributed by atoms with Crippen LogP contribution in [0.25, 0.3) is 22.3 Å². The molecule has 242 valence electrons. The van der Waals surface area contributed by atoms with E-state index in [2.05, 4.69) is 41.0 Å². The summed E-state index contributed by atoms with van der Waals surface area (Å²) >= 11 is 6.21. The highest BCUT2D eigenvalue weighted by Crippen LogP contribution is 2.41. The average Bonchev–Trinajstić information content (AvgIpc) is 3.40. The van der Waals surface area contributed by atoms with E-state index < -0.39 is 11.6 Å². The number of aryl methyl sites for hydroxylation is 1. The van der Waals surface area contributed by atoms with Crippen LogP contribution in [0.3, 0.4) is 0 Å². The maximum absolute atomic E-state index is 13.6. The van der Waals surface area contributed by atoms with E-state index in [4.69, 9.17) is 26.1 Å². The number of pyridine rings is 2. The number of aliphatic hydroxyl groups is 1. The molecule has 0 amide bonds. The number of rotatable bonds is 11. The van der Waals surface area contributed by atoms with Crippen LogP contribution in [0.5, 0.6) is 11.8 Å². The van der Waals surface area contributed by atoms with Gasteiger partial charge in [0.05, 0.1) is 29.0 Å². The fourth-order valence-electron chi connectivity index (χ4n) is 5.63. The lowest BCUT2D eigenvalue weighted by Crippen LogP contribution is -2.44. The van der Waals surface area contributed by atoms with Crippen LogP contribution < -0.4 is 15.6 Å². The normalized spacial score (nSPS) is 17.0. The summed E-state index contributed by atoms with van der Waals surface area (Å²) in [4.78, 5) is 43.8. The van der Waals surface area contributed by atoms with Gasteiger partial charge in [0.25, 0.3) is 5.56 Å². The third-order valence-electron chi connectivity index (χ3n) is 8.53. The number of carbonyl (C=O) groups is 1. The standard InChI is InChI=1S/C32H35ClN6O5S2/c1-6-18-19-13-17(44-30-37-28(33)36-29(38-30)34-11-12-45-46-31(4,5)7-2)9-10-23(19)35-25-20(18)15-39-24(25)14-22-21(26(39)40)16-43-27(41)32(22,42)8-3/h9-10,13-14,42H,6-8,11-12,15-16H2,1-5H3,(H,34,36,37,38)/t32-/m0/s1. The molecule has 0 saturated carbocycles. The minimum atomic E-state index is -1.88. The molecule has 0 bridgehead atoms. The fourth-order valence-corrected chi connectivity index (χ4v) is 8.30. The van der Waals surface area contributed by atoms with Gasteiger partial charge in [-0.3, -0.25) is 4.79 Å². The summed E-state index contributed by atoms with van der Waals surface area (Å²) in [6, 6.07) is 7.29. The lowest BCUT2D eigenvalue weighted by molar-refractivity contribution is -0.172. The molecule has 46 heavy (non-hydrogen) atoms. The molecule has 0 unspecified atom stereocenters. The second kappa shape index (κ2) is 12.7. The molecule has 2 aliphatic heterocycles. The van der Waals surface area contributed by atoms with Crippen LogP contribution in [-0.2, 0) is 34.7 Å². The Balaban J connectivity index is 1.28. The molecule has 11 nitrogen and oxygen atoms in total. The van der Waals surface area contributed by atoms with E-state index in [1.165, 1.54) is 0 Å². The number of esters is 1. The highest BCUT2D eigenvalue weighted by atomic mass is 35.5. The first-order chi connectivity index (χ1) is 22.0. The summed E-state index contributed by atoms with van der Waals surface area (Å²) in [5.74, 6) is 0.945. The largest absolute Gasteiger partial charge is 0.458 e. The fraction of sp³-hybridized carbons (Fsp3) is 0.438. The van der Waals surface area contributed by atoms with Crippen LogP contribution in [0.1, 0.15) is 69.7 Å². The van der Waals surface area contributed by atoms with E-state index in [9.17, 15) is 14.7 Å². The van der Waals surface area contributed by atoms with E-state index >= 15 is 0 Å².